The Hall–Kier alpha value is -1.32. The molecule has 10 nitrogen and oxygen atoms in total. The Morgan fingerprint density at radius 1 is 1.28 bits per heavy atom. The number of hydrogen-bond acceptors (Lipinski definition) is 8. The van der Waals surface area contributed by atoms with Crippen LogP contribution in [0.4, 0.5) is 0 Å². The van der Waals surface area contributed by atoms with E-state index in [-0.39, 0.29) is 25.5 Å². The number of carbonyl (C=O) groups is 3. The van der Waals surface area contributed by atoms with Gasteiger partial charge in [0.05, 0.1) is 0 Å². The van der Waals surface area contributed by atoms with Crippen LogP contribution in [-0.2, 0) is 28.2 Å². The fraction of sp³-hybridized carbons (Fsp3) is 0.833. The van der Waals surface area contributed by atoms with Crippen molar-refractivity contribution in [2.45, 2.75) is 72.6 Å². The molecule has 1 saturated heterocycles. The van der Waals surface area contributed by atoms with E-state index in [0.717, 1.165) is 0 Å². The number of aliphatic carboxylic acids is 1. The first-order valence-corrected chi connectivity index (χ1v) is 11.4. The van der Waals surface area contributed by atoms with E-state index < -0.39 is 49.1 Å². The second-order valence-electron chi connectivity index (χ2n) is 9.19. The first-order chi connectivity index (χ1) is 13.1. The van der Waals surface area contributed by atoms with Crippen LogP contribution in [0.2, 0.25) is 0 Å². The van der Waals surface area contributed by atoms with Gasteiger partial charge in [-0.3, -0.25) is 0 Å². The van der Waals surface area contributed by atoms with Gasteiger partial charge in [-0.2, -0.15) is 0 Å². The average Bonchev–Trinajstić information content (AvgIpc) is 2.53. The summed E-state index contributed by atoms with van der Waals surface area (Å²) in [6.45, 7) is 12.1. The van der Waals surface area contributed by atoms with E-state index in [4.69, 9.17) is 13.8 Å². The molecule has 0 unspecified atom stereocenters. The van der Waals surface area contributed by atoms with Crippen LogP contribution in [0.25, 0.3) is 0 Å². The monoisotopic (exact) mass is 438 g/mol. The molecule has 1 heterocycles. The molecule has 0 aliphatic carbocycles. The molecule has 0 aromatic carbocycles. The Kier molecular flexibility index (Phi) is 8.57. The predicted octanol–water partition coefficient (Wildman–Crippen LogP) is 1.38. The minimum atomic E-state index is -4.12. The van der Waals surface area contributed by atoms with Gasteiger partial charge in [0.15, 0.2) is 0 Å². The van der Waals surface area contributed by atoms with Crippen molar-refractivity contribution in [1.29, 1.82) is 0 Å². The molecular weight excluding hydrogens is 403 g/mol. The van der Waals surface area contributed by atoms with Gasteiger partial charge in [-0.05, 0) is 0 Å². The molecule has 1 aliphatic heterocycles. The van der Waals surface area contributed by atoms with Crippen LogP contribution in [-0.4, -0.2) is 58.7 Å². The Balaban J connectivity index is 2.75. The third-order valence-corrected chi connectivity index (χ3v) is 5.95. The average molecular weight is 438 g/mol. The van der Waals surface area contributed by atoms with Gasteiger partial charge in [0.25, 0.3) is 0 Å². The molecule has 1 aliphatic rings. The Labute approximate surface area is 172 Å². The summed E-state index contributed by atoms with van der Waals surface area (Å²) in [5.41, 5.74) is -1.38. The van der Waals surface area contributed by atoms with Gasteiger partial charge in [-0.15, -0.1) is 0 Å². The van der Waals surface area contributed by atoms with Crippen LogP contribution < -0.4 is 10.4 Å². The molecule has 1 rings (SSSR count). The zero-order valence-electron chi connectivity index (χ0n) is 18.2. The van der Waals surface area contributed by atoms with E-state index in [9.17, 15) is 24.4 Å². The molecule has 11 heteroatoms. The molecule has 1 fully saturated rings. The zero-order valence-corrected chi connectivity index (χ0v) is 19.2. The van der Waals surface area contributed by atoms with Gasteiger partial charge in [0.2, 0.25) is 0 Å². The number of amides is 1. The molecule has 0 aromatic rings. The number of carbonyl (C=O) groups excluding carboxylic acids is 2. The minimum absolute atomic E-state index is 0.00267. The number of carboxylic acids is 1. The quantitative estimate of drug-likeness (QED) is 0.326. The summed E-state index contributed by atoms with van der Waals surface area (Å²) in [6.07, 6.45) is -1.10. The van der Waals surface area contributed by atoms with Crippen molar-refractivity contribution in [3.63, 3.8) is 0 Å². The van der Waals surface area contributed by atoms with Crippen molar-refractivity contribution in [3.8, 4) is 0 Å². The maximum absolute atomic E-state index is 12.6. The van der Waals surface area contributed by atoms with Crippen molar-refractivity contribution < 1.29 is 38.2 Å². The summed E-state index contributed by atoms with van der Waals surface area (Å²) in [7, 11) is -4.12. The van der Waals surface area contributed by atoms with Gasteiger partial charge in [-0.1, -0.05) is 0 Å². The third kappa shape index (κ3) is 8.14. The van der Waals surface area contributed by atoms with E-state index >= 15 is 0 Å². The van der Waals surface area contributed by atoms with Crippen LogP contribution in [0, 0.1) is 11.3 Å². The molecule has 0 saturated carbocycles. The van der Waals surface area contributed by atoms with Crippen molar-refractivity contribution in [2.24, 2.45) is 11.3 Å². The summed E-state index contributed by atoms with van der Waals surface area (Å²) in [5.74, 6) is -2.46. The van der Waals surface area contributed by atoms with Crippen molar-refractivity contribution in [1.82, 2.24) is 10.4 Å². The summed E-state index contributed by atoms with van der Waals surface area (Å²) in [6, 6.07) is -1.09. The second kappa shape index (κ2) is 9.66. The SMILES string of the molecule is CC(C)[C@H](N[PH]1(O)OCC(C)(C)[C@H](C(=O)NCCC(=O)OC(C)(C)C)O1)C(=O)O. The number of rotatable bonds is 8. The van der Waals surface area contributed by atoms with Gasteiger partial charge in [0, 0.05) is 0 Å². The summed E-state index contributed by atoms with van der Waals surface area (Å²) in [4.78, 5) is 46.5. The maximum atomic E-state index is 12.6. The van der Waals surface area contributed by atoms with E-state index in [1.54, 1.807) is 48.5 Å². The normalized spacial score (nSPS) is 23.1. The first-order valence-electron chi connectivity index (χ1n) is 9.60. The molecule has 29 heavy (non-hydrogen) atoms. The van der Waals surface area contributed by atoms with Crippen LogP contribution in [0.15, 0.2) is 0 Å². The van der Waals surface area contributed by atoms with Crippen LogP contribution in [0.3, 0.4) is 0 Å². The molecule has 4 N–H and O–H groups in total. The van der Waals surface area contributed by atoms with E-state index in [2.05, 4.69) is 10.4 Å². The molecule has 0 bridgehead atoms. The topological polar surface area (TPSA) is 143 Å². The molecule has 0 radical (unpaired) electrons. The Morgan fingerprint density at radius 3 is 2.34 bits per heavy atom. The zero-order chi connectivity index (χ0) is 22.6. The molecule has 0 aromatic heterocycles. The van der Waals surface area contributed by atoms with Gasteiger partial charge in [-0.25, -0.2) is 0 Å². The molecule has 0 spiro atoms. The molecule has 1 amide bonds. The summed E-state index contributed by atoms with van der Waals surface area (Å²) >= 11 is 0. The first kappa shape index (κ1) is 25.7. The van der Waals surface area contributed by atoms with Crippen molar-refractivity contribution in [3.05, 3.63) is 0 Å². The Bertz CT molecular complexity index is 619. The summed E-state index contributed by atoms with van der Waals surface area (Å²) < 4.78 is 16.2. The van der Waals surface area contributed by atoms with Crippen LogP contribution in [0.1, 0.15) is 54.9 Å². The van der Waals surface area contributed by atoms with E-state index in [1.807, 2.05) is 0 Å². The standard InChI is InChI=1S/C18H35N2O8P/c1-11(2)13(16(23)24)20-29(25)26-10-18(6,7)14(28-29)15(22)19-9-8-12(21)27-17(3,4)5/h11,13-14,20,25,29H,8-10H2,1-7H3,(H,19,22)(H,23,24)/t13-,14-/m0/s1. The molecule has 2 atom stereocenters. The molecule has 170 valence electrons. The van der Waals surface area contributed by atoms with Crippen LogP contribution in [0.5, 0.6) is 0 Å². The van der Waals surface area contributed by atoms with Crippen molar-refractivity contribution >= 4 is 25.9 Å². The number of nitrogens with one attached hydrogen (secondary N) is 2. The van der Waals surface area contributed by atoms with Crippen LogP contribution >= 0.6 is 8.09 Å². The van der Waals surface area contributed by atoms with Gasteiger partial charge in [0.1, 0.15) is 0 Å². The van der Waals surface area contributed by atoms with E-state index in [0.29, 0.717) is 0 Å². The fourth-order valence-electron chi connectivity index (χ4n) is 2.68. The molecular formula is C18H35N2O8P. The van der Waals surface area contributed by atoms with Gasteiger partial charge < -0.3 is 0 Å². The summed E-state index contributed by atoms with van der Waals surface area (Å²) in [5, 5.41) is 14.5. The fourth-order valence-corrected chi connectivity index (χ4v) is 5.06. The Morgan fingerprint density at radius 2 is 1.86 bits per heavy atom. The number of hydrogen-bond donors (Lipinski definition) is 4. The number of ether oxygens (including phenoxy) is 1. The second-order valence-corrected chi connectivity index (χ2v) is 11.2. The van der Waals surface area contributed by atoms with Crippen molar-refractivity contribution in [2.75, 3.05) is 13.2 Å². The van der Waals surface area contributed by atoms with Gasteiger partial charge >= 0.3 is 172 Å². The van der Waals surface area contributed by atoms with E-state index in [1.165, 1.54) is 0 Å². The number of esters is 1. The number of carboxylic acid groups (broad SMARTS) is 1. The predicted molar refractivity (Wildman–Crippen MR) is 108 cm³/mol. The third-order valence-electron chi connectivity index (χ3n) is 4.18.